The molecule has 26 heavy (non-hydrogen) atoms. The van der Waals surface area contributed by atoms with Crippen molar-refractivity contribution in [2.75, 3.05) is 43.1 Å². The molecule has 0 aliphatic carbocycles. The summed E-state index contributed by atoms with van der Waals surface area (Å²) in [4.78, 5) is 36.9. The van der Waals surface area contributed by atoms with Gasteiger partial charge in [-0.25, -0.2) is 0 Å². The smallest absolute Gasteiger partial charge is 0.325 e. The number of rotatable bonds is 10. The van der Waals surface area contributed by atoms with Crippen molar-refractivity contribution in [1.29, 1.82) is 0 Å². The number of nitrogens with one attached hydrogen (secondary N) is 1. The largest absolute Gasteiger partial charge is 0.494 e. The maximum Gasteiger partial charge on any atom is 0.325 e. The van der Waals surface area contributed by atoms with Crippen molar-refractivity contribution in [3.05, 3.63) is 18.2 Å². The molecule has 1 amide bonds. The van der Waals surface area contributed by atoms with Crippen LogP contribution >= 0.6 is 0 Å². The minimum absolute atomic E-state index is 0.172. The fraction of sp³-hybridized carbons (Fsp3) is 0.500. The molecule has 0 spiro atoms. The van der Waals surface area contributed by atoms with Crippen LogP contribution in [0.25, 0.3) is 0 Å². The third-order valence-corrected chi connectivity index (χ3v) is 3.18. The molecule has 0 saturated heterocycles. The minimum Gasteiger partial charge on any atom is -0.494 e. The van der Waals surface area contributed by atoms with E-state index in [0.717, 1.165) is 0 Å². The first-order valence-corrected chi connectivity index (χ1v) is 8.51. The van der Waals surface area contributed by atoms with Crippen molar-refractivity contribution in [2.45, 2.75) is 27.7 Å². The van der Waals surface area contributed by atoms with Gasteiger partial charge in [0.25, 0.3) is 0 Å². The molecule has 144 valence electrons. The van der Waals surface area contributed by atoms with E-state index in [1.165, 1.54) is 11.8 Å². The first kappa shape index (κ1) is 21.3. The fourth-order valence-electron chi connectivity index (χ4n) is 2.28. The molecular weight excluding hydrogens is 340 g/mol. The highest BCUT2D eigenvalue weighted by Gasteiger charge is 2.21. The standard InChI is InChI=1S/C18H26N2O6/c1-5-24-14-8-9-15(19-13(4)21)16(10-14)20(11-17(22)25-6-2)12-18(23)26-7-3/h8-10H,5-7,11-12H2,1-4H3,(H,19,21). The number of anilines is 2. The molecule has 8 heteroatoms. The number of carbonyl (C=O) groups is 3. The van der Waals surface area contributed by atoms with Crippen molar-refractivity contribution in [2.24, 2.45) is 0 Å². The molecule has 0 aliphatic rings. The highest BCUT2D eigenvalue weighted by molar-refractivity contribution is 5.94. The summed E-state index contributed by atoms with van der Waals surface area (Å²) in [6.07, 6.45) is 0. The van der Waals surface area contributed by atoms with Crippen molar-refractivity contribution < 1.29 is 28.6 Å². The van der Waals surface area contributed by atoms with E-state index in [-0.39, 0.29) is 32.2 Å². The molecule has 0 fully saturated rings. The SMILES string of the molecule is CCOC(=O)CN(CC(=O)OCC)c1cc(OCC)ccc1NC(C)=O. The van der Waals surface area contributed by atoms with Gasteiger partial charge >= 0.3 is 11.9 Å². The summed E-state index contributed by atoms with van der Waals surface area (Å²) in [6.45, 7) is 7.18. The molecule has 0 saturated carbocycles. The predicted octanol–water partition coefficient (Wildman–Crippen LogP) is 1.98. The fourth-order valence-corrected chi connectivity index (χ4v) is 2.28. The van der Waals surface area contributed by atoms with Crippen molar-refractivity contribution in [3.63, 3.8) is 0 Å². The van der Waals surface area contributed by atoms with E-state index in [0.29, 0.717) is 23.7 Å². The Morgan fingerprint density at radius 2 is 1.54 bits per heavy atom. The predicted molar refractivity (Wildman–Crippen MR) is 97.4 cm³/mol. The summed E-state index contributed by atoms with van der Waals surface area (Å²) in [5.41, 5.74) is 0.918. The van der Waals surface area contributed by atoms with E-state index in [4.69, 9.17) is 14.2 Å². The van der Waals surface area contributed by atoms with Crippen LogP contribution in [0.2, 0.25) is 0 Å². The molecule has 1 aromatic carbocycles. The second kappa shape index (κ2) is 11.0. The lowest BCUT2D eigenvalue weighted by molar-refractivity contribution is -0.142. The van der Waals surface area contributed by atoms with Gasteiger partial charge in [0, 0.05) is 13.0 Å². The number of nitrogens with zero attached hydrogens (tertiary/aromatic N) is 1. The van der Waals surface area contributed by atoms with Gasteiger partial charge in [-0.2, -0.15) is 0 Å². The number of hydrogen-bond acceptors (Lipinski definition) is 7. The van der Waals surface area contributed by atoms with Gasteiger partial charge in [-0.15, -0.1) is 0 Å². The Bertz CT molecular complexity index is 612. The van der Waals surface area contributed by atoms with Gasteiger partial charge in [-0.05, 0) is 32.9 Å². The number of benzene rings is 1. The normalized spacial score (nSPS) is 10.0. The Balaban J connectivity index is 3.24. The highest BCUT2D eigenvalue weighted by atomic mass is 16.5. The van der Waals surface area contributed by atoms with Gasteiger partial charge in [0.2, 0.25) is 5.91 Å². The Labute approximate surface area is 153 Å². The summed E-state index contributed by atoms with van der Waals surface area (Å²) in [5.74, 6) is -0.711. The number of hydrogen-bond donors (Lipinski definition) is 1. The Kier molecular flexibility index (Phi) is 8.97. The lowest BCUT2D eigenvalue weighted by atomic mass is 10.2. The second-order valence-electron chi connectivity index (χ2n) is 5.26. The van der Waals surface area contributed by atoms with Crippen LogP contribution in [-0.4, -0.2) is 50.8 Å². The maximum absolute atomic E-state index is 12.0. The summed E-state index contributed by atoms with van der Waals surface area (Å²) >= 11 is 0. The summed E-state index contributed by atoms with van der Waals surface area (Å²) in [5, 5.41) is 2.69. The monoisotopic (exact) mass is 366 g/mol. The van der Waals surface area contributed by atoms with Crippen LogP contribution in [0, 0.1) is 0 Å². The molecule has 0 aliphatic heterocycles. The van der Waals surface area contributed by atoms with Crippen molar-refractivity contribution in [3.8, 4) is 5.75 Å². The van der Waals surface area contributed by atoms with E-state index in [1.807, 2.05) is 6.92 Å². The first-order valence-electron chi connectivity index (χ1n) is 8.51. The van der Waals surface area contributed by atoms with Gasteiger partial charge in [0.1, 0.15) is 18.8 Å². The zero-order valence-corrected chi connectivity index (χ0v) is 15.7. The van der Waals surface area contributed by atoms with Crippen LogP contribution in [0.15, 0.2) is 18.2 Å². The lowest BCUT2D eigenvalue weighted by Crippen LogP contribution is -2.36. The van der Waals surface area contributed by atoms with E-state index >= 15 is 0 Å². The van der Waals surface area contributed by atoms with E-state index in [2.05, 4.69) is 5.32 Å². The summed E-state index contributed by atoms with van der Waals surface area (Å²) in [6, 6.07) is 5.02. The highest BCUT2D eigenvalue weighted by Crippen LogP contribution is 2.31. The van der Waals surface area contributed by atoms with Crippen LogP contribution < -0.4 is 15.0 Å². The number of esters is 2. The molecule has 8 nitrogen and oxygen atoms in total. The molecule has 0 aromatic heterocycles. The van der Waals surface area contributed by atoms with Gasteiger partial charge in [-0.1, -0.05) is 0 Å². The lowest BCUT2D eigenvalue weighted by Gasteiger charge is -2.25. The van der Waals surface area contributed by atoms with Crippen molar-refractivity contribution >= 4 is 29.2 Å². The summed E-state index contributed by atoms with van der Waals surface area (Å²) in [7, 11) is 0. The number of ether oxygens (including phenoxy) is 3. The quantitative estimate of drug-likeness (QED) is 0.633. The Hall–Kier alpha value is -2.77. The van der Waals surface area contributed by atoms with E-state index in [9.17, 15) is 14.4 Å². The second-order valence-corrected chi connectivity index (χ2v) is 5.26. The van der Waals surface area contributed by atoms with Crippen molar-refractivity contribution in [1.82, 2.24) is 0 Å². The molecule has 0 bridgehead atoms. The van der Waals surface area contributed by atoms with Crippen LogP contribution in [-0.2, 0) is 23.9 Å². The maximum atomic E-state index is 12.0. The molecule has 0 heterocycles. The van der Waals surface area contributed by atoms with E-state index in [1.54, 1.807) is 32.0 Å². The number of carbonyl (C=O) groups excluding carboxylic acids is 3. The molecule has 0 unspecified atom stereocenters. The van der Waals surface area contributed by atoms with Gasteiger partial charge in [0.15, 0.2) is 0 Å². The minimum atomic E-state index is -0.493. The van der Waals surface area contributed by atoms with Gasteiger partial charge in [0.05, 0.1) is 31.2 Å². The third kappa shape index (κ3) is 7.00. The third-order valence-electron chi connectivity index (χ3n) is 3.18. The van der Waals surface area contributed by atoms with Crippen LogP contribution in [0.3, 0.4) is 0 Å². The zero-order chi connectivity index (χ0) is 19.5. The number of amides is 1. The average molecular weight is 366 g/mol. The summed E-state index contributed by atoms with van der Waals surface area (Å²) < 4.78 is 15.5. The molecule has 1 aromatic rings. The Morgan fingerprint density at radius 3 is 2.00 bits per heavy atom. The molecule has 0 atom stereocenters. The van der Waals surface area contributed by atoms with Crippen LogP contribution in [0.5, 0.6) is 5.75 Å². The van der Waals surface area contributed by atoms with Crippen LogP contribution in [0.1, 0.15) is 27.7 Å². The van der Waals surface area contributed by atoms with E-state index < -0.39 is 11.9 Å². The molecule has 1 N–H and O–H groups in total. The first-order chi connectivity index (χ1) is 12.4. The van der Waals surface area contributed by atoms with Gasteiger partial charge < -0.3 is 24.4 Å². The molecule has 0 radical (unpaired) electrons. The molecule has 1 rings (SSSR count). The zero-order valence-electron chi connectivity index (χ0n) is 15.7. The Morgan fingerprint density at radius 1 is 0.962 bits per heavy atom. The van der Waals surface area contributed by atoms with Crippen LogP contribution in [0.4, 0.5) is 11.4 Å². The molecular formula is C18H26N2O6. The topological polar surface area (TPSA) is 94.2 Å². The van der Waals surface area contributed by atoms with Gasteiger partial charge in [-0.3, -0.25) is 14.4 Å². The average Bonchev–Trinajstić information content (AvgIpc) is 2.56.